The van der Waals surface area contributed by atoms with Crippen LogP contribution >= 0.6 is 11.6 Å². The van der Waals surface area contributed by atoms with Crippen molar-refractivity contribution in [2.24, 2.45) is 7.05 Å². The lowest BCUT2D eigenvalue weighted by Crippen LogP contribution is -2.40. The van der Waals surface area contributed by atoms with Crippen LogP contribution in [0.5, 0.6) is 5.88 Å². The van der Waals surface area contributed by atoms with Crippen molar-refractivity contribution in [1.29, 1.82) is 0 Å². The SMILES string of the molecule is Cn1ncc2c1CCC[C@@H]2NC(=O)NCCOc1ncccc1Cl. The highest BCUT2D eigenvalue weighted by atomic mass is 35.5. The Morgan fingerprint density at radius 2 is 2.42 bits per heavy atom. The fourth-order valence-electron chi connectivity index (χ4n) is 2.86. The number of aryl methyl sites for hydroxylation is 1. The minimum atomic E-state index is -0.215. The predicted molar refractivity (Wildman–Crippen MR) is 90.2 cm³/mol. The van der Waals surface area contributed by atoms with E-state index in [1.807, 2.05) is 17.9 Å². The quantitative estimate of drug-likeness (QED) is 0.811. The highest BCUT2D eigenvalue weighted by Crippen LogP contribution is 2.28. The summed E-state index contributed by atoms with van der Waals surface area (Å²) in [7, 11) is 1.93. The summed E-state index contributed by atoms with van der Waals surface area (Å²) in [5.41, 5.74) is 2.30. The molecule has 0 bridgehead atoms. The second-order valence-electron chi connectivity index (χ2n) is 5.65. The minimum absolute atomic E-state index is 0.00797. The zero-order valence-electron chi connectivity index (χ0n) is 13.5. The zero-order valence-corrected chi connectivity index (χ0v) is 14.2. The third kappa shape index (κ3) is 3.79. The molecule has 128 valence electrons. The molecule has 2 heterocycles. The summed E-state index contributed by atoms with van der Waals surface area (Å²) in [5.74, 6) is 0.369. The molecule has 0 unspecified atom stereocenters. The van der Waals surface area contributed by atoms with E-state index >= 15 is 0 Å². The molecule has 1 aliphatic rings. The highest BCUT2D eigenvalue weighted by molar-refractivity contribution is 6.31. The number of rotatable bonds is 5. The Bertz CT molecular complexity index is 718. The monoisotopic (exact) mass is 349 g/mol. The molecular weight excluding hydrogens is 330 g/mol. The van der Waals surface area contributed by atoms with Crippen LogP contribution in [0.25, 0.3) is 0 Å². The Balaban J connectivity index is 1.44. The second kappa shape index (κ2) is 7.53. The van der Waals surface area contributed by atoms with Gasteiger partial charge in [-0.2, -0.15) is 5.10 Å². The lowest BCUT2D eigenvalue weighted by atomic mass is 9.93. The molecule has 0 fully saturated rings. The number of hydrogen-bond donors (Lipinski definition) is 2. The van der Waals surface area contributed by atoms with E-state index in [2.05, 4.69) is 20.7 Å². The smallest absolute Gasteiger partial charge is 0.315 e. The minimum Gasteiger partial charge on any atom is -0.475 e. The van der Waals surface area contributed by atoms with Gasteiger partial charge in [-0.05, 0) is 31.4 Å². The third-order valence-electron chi connectivity index (χ3n) is 4.03. The predicted octanol–water partition coefficient (Wildman–Crippen LogP) is 2.22. The Labute approximate surface area is 145 Å². The summed E-state index contributed by atoms with van der Waals surface area (Å²) in [5, 5.41) is 10.5. The Kier molecular flexibility index (Phi) is 5.20. The normalized spacial score (nSPS) is 16.3. The molecule has 3 rings (SSSR count). The molecule has 8 heteroatoms. The van der Waals surface area contributed by atoms with Crippen LogP contribution in [-0.2, 0) is 13.5 Å². The Hall–Kier alpha value is -2.28. The molecule has 0 saturated carbocycles. The van der Waals surface area contributed by atoms with Gasteiger partial charge in [0.25, 0.3) is 0 Å². The van der Waals surface area contributed by atoms with Gasteiger partial charge in [0.2, 0.25) is 5.88 Å². The van der Waals surface area contributed by atoms with Gasteiger partial charge in [-0.1, -0.05) is 11.6 Å². The summed E-state index contributed by atoms with van der Waals surface area (Å²) < 4.78 is 7.32. The third-order valence-corrected chi connectivity index (χ3v) is 4.32. The number of pyridine rings is 1. The highest BCUT2D eigenvalue weighted by Gasteiger charge is 2.24. The van der Waals surface area contributed by atoms with Gasteiger partial charge in [0.15, 0.2) is 0 Å². The van der Waals surface area contributed by atoms with Crippen molar-refractivity contribution in [2.75, 3.05) is 13.2 Å². The first-order valence-corrected chi connectivity index (χ1v) is 8.31. The Morgan fingerprint density at radius 3 is 3.25 bits per heavy atom. The van der Waals surface area contributed by atoms with Crippen molar-refractivity contribution in [1.82, 2.24) is 25.4 Å². The largest absolute Gasteiger partial charge is 0.475 e. The first-order chi connectivity index (χ1) is 11.6. The number of nitrogens with zero attached hydrogens (tertiary/aromatic N) is 3. The molecule has 0 saturated heterocycles. The van der Waals surface area contributed by atoms with E-state index in [0.29, 0.717) is 24.1 Å². The van der Waals surface area contributed by atoms with Crippen molar-refractivity contribution in [3.05, 3.63) is 40.8 Å². The van der Waals surface area contributed by atoms with E-state index < -0.39 is 0 Å². The van der Waals surface area contributed by atoms with E-state index in [4.69, 9.17) is 16.3 Å². The second-order valence-corrected chi connectivity index (χ2v) is 6.06. The molecule has 1 atom stereocenters. The van der Waals surface area contributed by atoms with Crippen molar-refractivity contribution in [3.63, 3.8) is 0 Å². The maximum Gasteiger partial charge on any atom is 0.315 e. The first-order valence-electron chi connectivity index (χ1n) is 7.93. The summed E-state index contributed by atoms with van der Waals surface area (Å²) in [6, 6.07) is 3.23. The van der Waals surface area contributed by atoms with Crippen LogP contribution in [0, 0.1) is 0 Å². The standard InChI is InChI=1S/C16H20ClN5O2/c1-22-14-6-2-5-13(11(14)10-20-22)21-16(23)19-8-9-24-15-12(17)4-3-7-18-15/h3-4,7,10,13H,2,5-6,8-9H2,1H3,(H2,19,21,23)/t13-/m0/s1. The molecule has 0 spiro atoms. The number of halogens is 1. The molecular formula is C16H20ClN5O2. The molecule has 2 aromatic rings. The molecule has 2 aromatic heterocycles. The van der Waals surface area contributed by atoms with Crippen LogP contribution < -0.4 is 15.4 Å². The summed E-state index contributed by atoms with van der Waals surface area (Å²) in [6.45, 7) is 0.665. The average Bonchev–Trinajstić information content (AvgIpc) is 2.96. The number of nitrogens with one attached hydrogen (secondary N) is 2. The summed E-state index contributed by atoms with van der Waals surface area (Å²) >= 11 is 5.95. The van der Waals surface area contributed by atoms with E-state index in [1.54, 1.807) is 18.3 Å². The van der Waals surface area contributed by atoms with Gasteiger partial charge < -0.3 is 15.4 Å². The van der Waals surface area contributed by atoms with E-state index in [9.17, 15) is 4.79 Å². The summed E-state index contributed by atoms with van der Waals surface area (Å²) in [6.07, 6.45) is 6.41. The maximum absolute atomic E-state index is 12.1. The van der Waals surface area contributed by atoms with Crippen LogP contribution in [0.4, 0.5) is 4.79 Å². The van der Waals surface area contributed by atoms with Gasteiger partial charge >= 0.3 is 6.03 Å². The molecule has 0 aromatic carbocycles. The van der Waals surface area contributed by atoms with Gasteiger partial charge in [-0.25, -0.2) is 9.78 Å². The lowest BCUT2D eigenvalue weighted by molar-refractivity contribution is 0.230. The van der Waals surface area contributed by atoms with Crippen molar-refractivity contribution < 1.29 is 9.53 Å². The molecule has 2 amide bonds. The average molecular weight is 350 g/mol. The van der Waals surface area contributed by atoms with Crippen LogP contribution in [-0.4, -0.2) is 33.9 Å². The van der Waals surface area contributed by atoms with Crippen LogP contribution in [0.3, 0.4) is 0 Å². The van der Waals surface area contributed by atoms with Gasteiger partial charge in [-0.15, -0.1) is 0 Å². The number of amides is 2. The molecule has 0 aliphatic heterocycles. The van der Waals surface area contributed by atoms with E-state index in [-0.39, 0.29) is 12.1 Å². The van der Waals surface area contributed by atoms with Gasteiger partial charge in [0.1, 0.15) is 11.6 Å². The van der Waals surface area contributed by atoms with Gasteiger partial charge in [0.05, 0.1) is 18.8 Å². The number of carbonyl (C=O) groups excluding carboxylic acids is 1. The van der Waals surface area contributed by atoms with E-state index in [1.165, 1.54) is 5.69 Å². The van der Waals surface area contributed by atoms with Gasteiger partial charge in [0, 0.05) is 24.5 Å². The number of ether oxygens (including phenoxy) is 1. The first kappa shape index (κ1) is 16.6. The number of hydrogen-bond acceptors (Lipinski definition) is 4. The fourth-order valence-corrected chi connectivity index (χ4v) is 3.03. The number of carbonyl (C=O) groups is 1. The number of urea groups is 1. The Morgan fingerprint density at radius 1 is 1.54 bits per heavy atom. The number of fused-ring (bicyclic) bond motifs is 1. The van der Waals surface area contributed by atoms with Crippen molar-refractivity contribution in [3.8, 4) is 5.88 Å². The lowest BCUT2D eigenvalue weighted by Gasteiger charge is -2.23. The fraction of sp³-hybridized carbons (Fsp3) is 0.438. The molecule has 24 heavy (non-hydrogen) atoms. The van der Waals surface area contributed by atoms with Crippen LogP contribution in [0.15, 0.2) is 24.5 Å². The topological polar surface area (TPSA) is 81.1 Å². The van der Waals surface area contributed by atoms with Crippen molar-refractivity contribution in [2.45, 2.75) is 25.3 Å². The molecule has 0 radical (unpaired) electrons. The van der Waals surface area contributed by atoms with E-state index in [0.717, 1.165) is 24.8 Å². The zero-order chi connectivity index (χ0) is 16.9. The number of aromatic nitrogens is 3. The van der Waals surface area contributed by atoms with Crippen LogP contribution in [0.2, 0.25) is 5.02 Å². The van der Waals surface area contributed by atoms with Crippen LogP contribution in [0.1, 0.15) is 30.1 Å². The summed E-state index contributed by atoms with van der Waals surface area (Å²) in [4.78, 5) is 16.1. The molecule has 1 aliphatic carbocycles. The van der Waals surface area contributed by atoms with Gasteiger partial charge in [-0.3, -0.25) is 4.68 Å². The molecule has 7 nitrogen and oxygen atoms in total. The maximum atomic E-state index is 12.1. The molecule has 2 N–H and O–H groups in total. The van der Waals surface area contributed by atoms with Crippen molar-refractivity contribution >= 4 is 17.6 Å².